The molecule has 1 aromatic carbocycles. The second kappa shape index (κ2) is 3.71. The van der Waals surface area contributed by atoms with Gasteiger partial charge in [0.1, 0.15) is 0 Å². The van der Waals surface area contributed by atoms with E-state index in [1.54, 1.807) is 0 Å². The van der Waals surface area contributed by atoms with Gasteiger partial charge in [-0.05, 0) is 24.0 Å². The van der Waals surface area contributed by atoms with E-state index in [4.69, 9.17) is 5.73 Å². The zero-order valence-electron chi connectivity index (χ0n) is 8.37. The van der Waals surface area contributed by atoms with Crippen molar-refractivity contribution in [3.63, 3.8) is 0 Å². The molecule has 0 spiro atoms. The van der Waals surface area contributed by atoms with Gasteiger partial charge in [0.15, 0.2) is 0 Å². The Morgan fingerprint density at radius 3 is 2.64 bits per heavy atom. The number of nitrogens with two attached hydrogens (primary N) is 1. The summed E-state index contributed by atoms with van der Waals surface area (Å²) >= 11 is 0. The molecule has 2 nitrogen and oxygen atoms in total. The van der Waals surface area contributed by atoms with E-state index >= 15 is 0 Å². The molecular weight excluding hydrogens is 174 g/mol. The van der Waals surface area contributed by atoms with E-state index in [-0.39, 0.29) is 0 Å². The van der Waals surface area contributed by atoms with Crippen molar-refractivity contribution in [2.75, 3.05) is 0 Å². The molecule has 76 valence electrons. The molecule has 1 aliphatic rings. The lowest BCUT2D eigenvalue weighted by atomic mass is 9.91. The van der Waals surface area contributed by atoms with Crippen LogP contribution in [-0.2, 0) is 12.1 Å². The van der Waals surface area contributed by atoms with Crippen LogP contribution < -0.4 is 5.73 Å². The third-order valence-corrected chi connectivity index (χ3v) is 3.13. The van der Waals surface area contributed by atoms with Gasteiger partial charge in [0.2, 0.25) is 0 Å². The van der Waals surface area contributed by atoms with E-state index < -0.39 is 5.60 Å². The highest BCUT2D eigenvalue weighted by molar-refractivity contribution is 5.28. The molecule has 14 heavy (non-hydrogen) atoms. The monoisotopic (exact) mass is 191 g/mol. The van der Waals surface area contributed by atoms with Crippen LogP contribution in [0, 0.1) is 0 Å². The molecule has 1 fully saturated rings. The molecule has 0 aliphatic heterocycles. The van der Waals surface area contributed by atoms with Crippen LogP contribution in [0.4, 0.5) is 0 Å². The molecule has 0 amide bonds. The van der Waals surface area contributed by atoms with Crippen molar-refractivity contribution in [3.8, 4) is 0 Å². The molecule has 0 aromatic heterocycles. The van der Waals surface area contributed by atoms with Crippen molar-refractivity contribution in [1.29, 1.82) is 0 Å². The van der Waals surface area contributed by atoms with Crippen LogP contribution in [0.5, 0.6) is 0 Å². The summed E-state index contributed by atoms with van der Waals surface area (Å²) in [5.74, 6) is 0. The number of rotatable bonds is 2. The fourth-order valence-electron chi connectivity index (χ4n) is 2.24. The van der Waals surface area contributed by atoms with Crippen LogP contribution in [-0.4, -0.2) is 5.11 Å². The second-order valence-electron chi connectivity index (χ2n) is 4.14. The van der Waals surface area contributed by atoms with Gasteiger partial charge in [0.25, 0.3) is 0 Å². The van der Waals surface area contributed by atoms with E-state index in [1.807, 2.05) is 24.3 Å². The zero-order chi connectivity index (χ0) is 10.0. The van der Waals surface area contributed by atoms with Gasteiger partial charge in [-0.15, -0.1) is 0 Å². The third-order valence-electron chi connectivity index (χ3n) is 3.13. The van der Waals surface area contributed by atoms with Gasteiger partial charge < -0.3 is 10.8 Å². The highest BCUT2D eigenvalue weighted by Gasteiger charge is 2.32. The fourth-order valence-corrected chi connectivity index (χ4v) is 2.24. The van der Waals surface area contributed by atoms with Crippen molar-refractivity contribution >= 4 is 0 Å². The Kier molecular flexibility index (Phi) is 2.57. The normalized spacial score (nSPS) is 19.9. The summed E-state index contributed by atoms with van der Waals surface area (Å²) < 4.78 is 0. The van der Waals surface area contributed by atoms with Crippen molar-refractivity contribution in [1.82, 2.24) is 0 Å². The van der Waals surface area contributed by atoms with Crippen molar-refractivity contribution in [2.45, 2.75) is 37.8 Å². The van der Waals surface area contributed by atoms with Gasteiger partial charge in [-0.3, -0.25) is 0 Å². The van der Waals surface area contributed by atoms with Gasteiger partial charge in [0.05, 0.1) is 5.60 Å². The largest absolute Gasteiger partial charge is 0.385 e. The Morgan fingerprint density at radius 1 is 1.29 bits per heavy atom. The van der Waals surface area contributed by atoms with Gasteiger partial charge in [-0.2, -0.15) is 0 Å². The minimum Gasteiger partial charge on any atom is -0.385 e. The molecule has 3 N–H and O–H groups in total. The lowest BCUT2D eigenvalue weighted by Gasteiger charge is -2.23. The summed E-state index contributed by atoms with van der Waals surface area (Å²) in [5.41, 5.74) is 7.14. The maximum absolute atomic E-state index is 10.3. The number of aliphatic hydroxyl groups is 1. The average molecular weight is 191 g/mol. The average Bonchev–Trinajstić information content (AvgIpc) is 2.67. The van der Waals surface area contributed by atoms with Crippen LogP contribution in [0.1, 0.15) is 36.8 Å². The minimum absolute atomic E-state index is 0.546. The van der Waals surface area contributed by atoms with Crippen LogP contribution >= 0.6 is 0 Å². The molecule has 0 heterocycles. The molecule has 1 aliphatic carbocycles. The van der Waals surface area contributed by atoms with Crippen LogP contribution in [0.3, 0.4) is 0 Å². The number of benzene rings is 1. The predicted octanol–water partition coefficient (Wildman–Crippen LogP) is 1.91. The van der Waals surface area contributed by atoms with Crippen LogP contribution in [0.25, 0.3) is 0 Å². The van der Waals surface area contributed by atoms with Gasteiger partial charge >= 0.3 is 0 Å². The Morgan fingerprint density at radius 2 is 2.00 bits per heavy atom. The quantitative estimate of drug-likeness (QED) is 0.750. The predicted molar refractivity (Wildman–Crippen MR) is 56.7 cm³/mol. The van der Waals surface area contributed by atoms with E-state index in [1.165, 1.54) is 0 Å². The first-order valence-corrected chi connectivity index (χ1v) is 5.26. The van der Waals surface area contributed by atoms with Crippen LogP contribution in [0.2, 0.25) is 0 Å². The third kappa shape index (κ3) is 1.68. The van der Waals surface area contributed by atoms with E-state index in [2.05, 4.69) is 0 Å². The lowest BCUT2D eigenvalue weighted by Crippen LogP contribution is -2.21. The first-order valence-electron chi connectivity index (χ1n) is 5.26. The molecule has 0 atom stereocenters. The Bertz CT molecular complexity index is 316. The molecule has 0 saturated heterocycles. The van der Waals surface area contributed by atoms with Crippen molar-refractivity contribution in [3.05, 3.63) is 35.4 Å². The Labute approximate surface area is 84.7 Å². The SMILES string of the molecule is NCc1cccc(C2(O)CCCC2)c1. The van der Waals surface area contributed by atoms with Gasteiger partial charge in [0, 0.05) is 6.54 Å². The minimum atomic E-state index is -0.578. The lowest BCUT2D eigenvalue weighted by molar-refractivity contribution is 0.0444. The molecule has 1 saturated carbocycles. The highest BCUT2D eigenvalue weighted by Crippen LogP contribution is 2.38. The van der Waals surface area contributed by atoms with Crippen molar-refractivity contribution in [2.24, 2.45) is 5.73 Å². The topological polar surface area (TPSA) is 46.2 Å². The summed E-state index contributed by atoms with van der Waals surface area (Å²) in [5, 5.41) is 10.3. The highest BCUT2D eigenvalue weighted by atomic mass is 16.3. The Hall–Kier alpha value is -0.860. The summed E-state index contributed by atoms with van der Waals surface area (Å²) in [6.07, 6.45) is 4.04. The van der Waals surface area contributed by atoms with E-state index in [0.29, 0.717) is 6.54 Å². The summed E-state index contributed by atoms with van der Waals surface area (Å²) in [6, 6.07) is 8.02. The number of hydrogen-bond donors (Lipinski definition) is 2. The zero-order valence-corrected chi connectivity index (χ0v) is 8.37. The molecule has 0 radical (unpaired) electrons. The maximum Gasteiger partial charge on any atom is 0.0896 e. The number of hydrogen-bond acceptors (Lipinski definition) is 2. The fraction of sp³-hybridized carbons (Fsp3) is 0.500. The van der Waals surface area contributed by atoms with E-state index in [0.717, 1.165) is 36.8 Å². The molecule has 2 rings (SSSR count). The summed E-state index contributed by atoms with van der Waals surface area (Å²) in [6.45, 7) is 0.546. The molecule has 0 unspecified atom stereocenters. The smallest absolute Gasteiger partial charge is 0.0896 e. The standard InChI is InChI=1S/C12H17NO/c13-9-10-4-3-5-11(8-10)12(14)6-1-2-7-12/h3-5,8,14H,1-2,6-7,9,13H2. The van der Waals surface area contributed by atoms with Crippen LogP contribution in [0.15, 0.2) is 24.3 Å². The van der Waals surface area contributed by atoms with E-state index in [9.17, 15) is 5.11 Å². The van der Waals surface area contributed by atoms with Gasteiger partial charge in [-0.25, -0.2) is 0 Å². The molecule has 1 aromatic rings. The Balaban J connectivity index is 2.30. The molecule has 0 bridgehead atoms. The van der Waals surface area contributed by atoms with Crippen molar-refractivity contribution < 1.29 is 5.11 Å². The first kappa shape index (κ1) is 9.69. The summed E-state index contributed by atoms with van der Waals surface area (Å²) in [4.78, 5) is 0. The summed E-state index contributed by atoms with van der Waals surface area (Å²) in [7, 11) is 0. The second-order valence-corrected chi connectivity index (χ2v) is 4.14. The first-order chi connectivity index (χ1) is 6.74. The maximum atomic E-state index is 10.3. The van der Waals surface area contributed by atoms with Gasteiger partial charge in [-0.1, -0.05) is 37.1 Å². The molecule has 2 heteroatoms. The molecular formula is C12H17NO.